The van der Waals surface area contributed by atoms with Gasteiger partial charge in [-0.1, -0.05) is 24.3 Å². The van der Waals surface area contributed by atoms with Gasteiger partial charge in [-0.25, -0.2) is 9.97 Å². The summed E-state index contributed by atoms with van der Waals surface area (Å²) in [6.07, 6.45) is 7.29. The number of hydrogen-bond donors (Lipinski definition) is 9. The fraction of sp³-hybridized carbons (Fsp3) is 0.208. The van der Waals surface area contributed by atoms with Crippen LogP contribution in [0.25, 0.3) is 20.7 Å². The minimum atomic E-state index is -2.95. The van der Waals surface area contributed by atoms with Crippen LogP contribution in [0.15, 0.2) is 85.0 Å². The number of primary amides is 4. The maximum absolute atomic E-state index is 13.0. The summed E-state index contributed by atoms with van der Waals surface area (Å²) in [5, 5.41) is 31.8. The number of allylic oxidation sites excluding steroid dienone is 2. The van der Waals surface area contributed by atoms with E-state index in [-0.39, 0.29) is 47.8 Å². The Kier molecular flexibility index (Phi) is 24.6. The van der Waals surface area contributed by atoms with Crippen molar-refractivity contribution < 1.29 is 50.5 Å². The second kappa shape index (κ2) is 31.0. The fourth-order valence-electron chi connectivity index (χ4n) is 7.60. The molecule has 0 aliphatic rings. The van der Waals surface area contributed by atoms with Crippen LogP contribution in [0.5, 0.6) is 0 Å². The average Bonchev–Trinajstić information content (AvgIpc) is 2.35. The van der Waals surface area contributed by atoms with E-state index in [1.807, 2.05) is 32.9 Å². The fourth-order valence-corrected chi connectivity index (χ4v) is 9.52. The first-order chi connectivity index (χ1) is 39.9. The van der Waals surface area contributed by atoms with Gasteiger partial charge in [-0.15, -0.1) is 22.7 Å². The van der Waals surface area contributed by atoms with Crippen molar-refractivity contribution in [2.75, 3.05) is 40.1 Å². The third kappa shape index (κ3) is 17.5. The molecule has 6 heterocycles. The SMILES string of the molecule is CCn1nc(C)cc1C(=O)Nc1nc2cc(C(N)=O)sc2n1C/C=C/CNc1ccc(C(N)=O)cc1N.CCn1nc(C)cc1C(=O)Nc1nc2cc(C(N)=O)sc2n1C/C=C/CNc1ccc(C(N)=O)cc1[N+](=O)[O-].O=S(=O)=S(=O)=O.[Na][Na]. The Labute approximate surface area is 515 Å². The molecule has 0 atom stereocenters. The van der Waals surface area contributed by atoms with Crippen LogP contribution >= 0.6 is 22.7 Å². The van der Waals surface area contributed by atoms with Crippen molar-refractivity contribution in [3.05, 3.63) is 139 Å². The third-order valence-corrected chi connectivity index (χ3v) is 14.5. The Morgan fingerprint density at radius 1 is 0.619 bits per heavy atom. The quantitative estimate of drug-likeness (QED) is 0.0164. The number of nitrogens with zero attached hydrogens (tertiary/aromatic N) is 9. The van der Waals surface area contributed by atoms with E-state index in [0.29, 0.717) is 96.6 Å². The molecule has 14 N–H and O–H groups in total. The summed E-state index contributed by atoms with van der Waals surface area (Å²) in [5.41, 5.74) is 32.1. The number of carbonyl (C=O) groups excluding carboxylic acids is 6. The van der Waals surface area contributed by atoms with Crippen LogP contribution < -0.4 is 49.9 Å². The molecule has 0 unspecified atom stereocenters. The molecule has 0 saturated carbocycles. The van der Waals surface area contributed by atoms with Crippen molar-refractivity contribution in [3.8, 4) is 0 Å². The van der Waals surface area contributed by atoms with E-state index in [2.05, 4.69) is 41.4 Å². The standard InChI is InChI=1S/C24H25N9O5S.C24H27N9O3S.2Na.O4S2/c1-3-32-18(10-13(2)30-32)22(36)29-24-28-16-12-19(21(26)35)39-23(16)31(24)9-5-4-8-27-15-7-6-14(20(25)34)11-17(15)33(37)38;1-3-33-18(10-13(2)31-33)22(36)30-24-29-17-12-19(21(27)35)37-23(17)32(24)9-5-4-8-28-16-7-6-14(20(26)34)11-15(16)25;;;1-5(2)6(3)4/h4-7,10-12,27H,3,8-9H2,1-2H3,(H2,25,34)(H2,26,35)(H,28,29,36);4-7,10-12,28H,3,8-9,25H2,1-2H3,(H2,26,34)(H2,27,35)(H,29,30,36);;;/b2*5-4+;;;. The Morgan fingerprint density at radius 2 is 1.02 bits per heavy atom. The molecular weight excluding hydrogens is 1190 g/mol. The van der Waals surface area contributed by atoms with Gasteiger partial charge < -0.3 is 39.3 Å². The summed E-state index contributed by atoms with van der Waals surface area (Å²) in [6, 6.07) is 15.3. The summed E-state index contributed by atoms with van der Waals surface area (Å²) in [5.74, 6) is -2.54. The van der Waals surface area contributed by atoms with Gasteiger partial charge in [0.1, 0.15) is 37.8 Å². The number of amides is 6. The number of nitro benzene ring substituents is 1. The van der Waals surface area contributed by atoms with E-state index in [1.165, 1.54) is 73.2 Å². The van der Waals surface area contributed by atoms with Gasteiger partial charge in [-0.2, -0.15) is 27.0 Å². The van der Waals surface area contributed by atoms with Crippen molar-refractivity contribution in [3.63, 3.8) is 0 Å². The molecule has 84 heavy (non-hydrogen) atoms. The van der Waals surface area contributed by atoms with Gasteiger partial charge in [0.2, 0.25) is 23.7 Å². The molecular formula is C48H52N18Na2O12S4. The number of thiophene rings is 2. The first kappa shape index (κ1) is 66.7. The second-order valence-corrected chi connectivity index (χ2v) is 21.4. The van der Waals surface area contributed by atoms with Crippen LogP contribution in [-0.4, -0.2) is 153 Å². The van der Waals surface area contributed by atoms with Gasteiger partial charge in [0.05, 0.1) is 37.4 Å². The predicted molar refractivity (Wildman–Crippen MR) is 319 cm³/mol. The Bertz CT molecular complexity index is 4120. The van der Waals surface area contributed by atoms with E-state index in [4.69, 9.17) is 45.5 Å². The van der Waals surface area contributed by atoms with Gasteiger partial charge in [-0.05, 0) is 82.3 Å². The van der Waals surface area contributed by atoms with Crippen LogP contribution in [0, 0.1) is 24.0 Å². The van der Waals surface area contributed by atoms with Crippen LogP contribution in [0.3, 0.4) is 0 Å². The van der Waals surface area contributed by atoms with Crippen LogP contribution in [-0.2, 0) is 44.7 Å². The zero-order valence-corrected chi connectivity index (χ0v) is 53.0. The average molecular weight is 1250 g/mol. The normalized spacial score (nSPS) is 10.8. The van der Waals surface area contributed by atoms with Crippen LogP contribution in [0.2, 0.25) is 0 Å². The molecule has 8 rings (SSSR count). The number of nitrogen functional groups attached to an aromatic ring is 1. The van der Waals surface area contributed by atoms with E-state index in [1.54, 1.807) is 74.0 Å². The molecule has 432 valence electrons. The van der Waals surface area contributed by atoms with Crippen molar-refractivity contribution in [2.45, 2.75) is 53.9 Å². The number of aryl methyl sites for hydroxylation is 4. The molecule has 6 aromatic heterocycles. The van der Waals surface area contributed by atoms with Gasteiger partial charge >= 0.3 is 62.1 Å². The number of nitrogens with two attached hydrogens (primary N) is 5. The number of aromatic nitrogens is 8. The molecule has 6 amide bonds. The molecule has 30 nitrogen and oxygen atoms in total. The number of hydrogen-bond acceptors (Lipinski definition) is 21. The monoisotopic (exact) mass is 1250 g/mol. The van der Waals surface area contributed by atoms with Crippen molar-refractivity contribution in [2.24, 2.45) is 22.9 Å². The Balaban J connectivity index is 0.000000273. The molecule has 36 heteroatoms. The minimum absolute atomic E-state index is 0.0323. The summed E-state index contributed by atoms with van der Waals surface area (Å²) in [7, 11) is -5.90. The first-order valence-electron chi connectivity index (χ1n) is 25.0. The van der Waals surface area contributed by atoms with E-state index >= 15 is 0 Å². The van der Waals surface area contributed by atoms with Crippen LogP contribution in [0.4, 0.5) is 34.6 Å². The predicted octanol–water partition coefficient (Wildman–Crippen LogP) is 2.87. The molecule has 0 aliphatic heterocycles. The molecule has 0 bridgehead atoms. The number of anilines is 5. The molecule has 0 spiro atoms. The topological polar surface area (TPSA) is 463 Å². The molecule has 2 aromatic carbocycles. The summed E-state index contributed by atoms with van der Waals surface area (Å²) in [4.78, 5) is 93.9. The number of nitrogens with one attached hydrogen (secondary N) is 4. The van der Waals surface area contributed by atoms with E-state index < -0.39 is 47.1 Å². The van der Waals surface area contributed by atoms with Gasteiger partial charge in [0.15, 0.2) is 0 Å². The second-order valence-electron chi connectivity index (χ2n) is 16.9. The van der Waals surface area contributed by atoms with Gasteiger partial charge in [0.25, 0.3) is 29.3 Å². The van der Waals surface area contributed by atoms with Crippen molar-refractivity contribution in [1.82, 2.24) is 38.7 Å². The molecule has 0 saturated heterocycles. The summed E-state index contributed by atoms with van der Waals surface area (Å²) < 4.78 is 43.1. The zero-order valence-electron chi connectivity index (χ0n) is 45.8. The van der Waals surface area contributed by atoms with E-state index in [9.17, 15) is 38.9 Å². The molecule has 0 fully saturated rings. The van der Waals surface area contributed by atoms with Crippen molar-refractivity contribution in [1.29, 1.82) is 0 Å². The summed E-state index contributed by atoms with van der Waals surface area (Å²) in [6.45, 7) is 9.78. The summed E-state index contributed by atoms with van der Waals surface area (Å²) >= 11 is 5.25. The molecule has 0 radical (unpaired) electrons. The third-order valence-electron chi connectivity index (χ3n) is 11.3. The molecule has 8 aromatic rings. The first-order valence-corrected chi connectivity index (χ1v) is 37.3. The number of carbonyl (C=O) groups is 6. The molecule has 0 aliphatic carbocycles. The van der Waals surface area contributed by atoms with Gasteiger partial charge in [0, 0.05) is 56.5 Å². The number of fused-ring (bicyclic) bond motifs is 2. The Hall–Kier alpha value is -8.06. The van der Waals surface area contributed by atoms with Crippen LogP contribution in [0.1, 0.15) is 86.3 Å². The maximum atomic E-state index is 13.0. The van der Waals surface area contributed by atoms with Crippen molar-refractivity contribution >= 4 is 176 Å². The van der Waals surface area contributed by atoms with E-state index in [0.717, 1.165) is 23.1 Å². The zero-order chi connectivity index (χ0) is 62.1. The van der Waals surface area contributed by atoms with Gasteiger partial charge in [-0.3, -0.25) is 68.0 Å². The Morgan fingerprint density at radius 3 is 1.39 bits per heavy atom. The number of benzene rings is 2. The number of rotatable bonds is 21. The number of imidazole rings is 2. The number of nitro groups is 1.